The molecule has 0 fully saturated rings. The second kappa shape index (κ2) is 5.17. The van der Waals surface area contributed by atoms with Crippen molar-refractivity contribution in [3.63, 3.8) is 0 Å². The van der Waals surface area contributed by atoms with Crippen LogP contribution in [0.5, 0.6) is 0 Å². The van der Waals surface area contributed by atoms with E-state index in [9.17, 15) is 0 Å². The summed E-state index contributed by atoms with van der Waals surface area (Å²) in [5.41, 5.74) is 2.71. The van der Waals surface area contributed by atoms with E-state index in [1.165, 1.54) is 15.7 Å². The Morgan fingerprint density at radius 2 is 2.07 bits per heavy atom. The first-order valence-corrected chi connectivity index (χ1v) is 6.96. The van der Waals surface area contributed by atoms with E-state index >= 15 is 0 Å². The second-order valence-corrected chi connectivity index (χ2v) is 5.20. The predicted molar refractivity (Wildman–Crippen MR) is 72.9 cm³/mol. The Hall–Kier alpha value is -0.280. The minimum Gasteiger partial charge on any atom is -0.366 e. The van der Waals surface area contributed by atoms with Gasteiger partial charge in [0.25, 0.3) is 0 Å². The molecule has 1 aromatic carbocycles. The van der Waals surface area contributed by atoms with E-state index in [0.29, 0.717) is 0 Å². The average Bonchev–Trinajstić information content (AvgIpc) is 2.29. The van der Waals surface area contributed by atoms with Crippen LogP contribution < -0.4 is 4.90 Å². The zero-order valence-corrected chi connectivity index (χ0v) is 11.6. The van der Waals surface area contributed by atoms with E-state index < -0.39 is 0 Å². The molecule has 0 radical (unpaired) electrons. The van der Waals surface area contributed by atoms with Crippen LogP contribution in [0, 0.1) is 0 Å². The Morgan fingerprint density at radius 3 is 2.80 bits per heavy atom. The highest BCUT2D eigenvalue weighted by Gasteiger charge is 2.13. The SMILES string of the molecule is BrCc1ccccc1N1CCC=C(Br)C1. The van der Waals surface area contributed by atoms with Crippen molar-refractivity contribution in [1.29, 1.82) is 0 Å². The summed E-state index contributed by atoms with van der Waals surface area (Å²) in [5, 5.41) is 0.918. The van der Waals surface area contributed by atoms with Gasteiger partial charge in [-0.3, -0.25) is 0 Å². The summed E-state index contributed by atoms with van der Waals surface area (Å²) in [4.78, 5) is 2.42. The van der Waals surface area contributed by atoms with Gasteiger partial charge in [0.05, 0.1) is 0 Å². The molecule has 1 aliphatic rings. The molecule has 0 atom stereocenters. The van der Waals surface area contributed by atoms with Crippen LogP contribution in [-0.2, 0) is 5.33 Å². The normalized spacial score (nSPS) is 16.4. The van der Waals surface area contributed by atoms with Crippen LogP contribution in [0.4, 0.5) is 5.69 Å². The summed E-state index contributed by atoms with van der Waals surface area (Å²) in [6.45, 7) is 2.10. The molecule has 0 spiro atoms. The average molecular weight is 331 g/mol. The fourth-order valence-electron chi connectivity index (χ4n) is 1.84. The molecule has 1 aromatic rings. The summed E-state index contributed by atoms with van der Waals surface area (Å²) in [6.07, 6.45) is 3.38. The van der Waals surface area contributed by atoms with Gasteiger partial charge in [-0.25, -0.2) is 0 Å². The number of benzene rings is 1. The van der Waals surface area contributed by atoms with Gasteiger partial charge in [0.2, 0.25) is 0 Å². The van der Waals surface area contributed by atoms with Crippen LogP contribution in [0.1, 0.15) is 12.0 Å². The minimum atomic E-state index is 0.918. The highest BCUT2D eigenvalue weighted by Crippen LogP contribution is 2.26. The van der Waals surface area contributed by atoms with Crippen molar-refractivity contribution in [3.8, 4) is 0 Å². The van der Waals surface area contributed by atoms with Gasteiger partial charge >= 0.3 is 0 Å². The van der Waals surface area contributed by atoms with Crippen molar-refractivity contribution in [2.75, 3.05) is 18.0 Å². The number of alkyl halides is 1. The summed E-state index contributed by atoms with van der Waals surface area (Å²) in [7, 11) is 0. The van der Waals surface area contributed by atoms with E-state index in [-0.39, 0.29) is 0 Å². The van der Waals surface area contributed by atoms with Crippen molar-refractivity contribution in [2.45, 2.75) is 11.8 Å². The lowest BCUT2D eigenvalue weighted by Crippen LogP contribution is -2.29. The zero-order valence-electron chi connectivity index (χ0n) is 8.42. The van der Waals surface area contributed by atoms with Gasteiger partial charge in [-0.15, -0.1) is 0 Å². The molecular formula is C12H13Br2N. The molecule has 0 aliphatic carbocycles. The molecule has 1 nitrogen and oxygen atoms in total. The maximum absolute atomic E-state index is 3.58. The molecule has 80 valence electrons. The molecule has 0 saturated heterocycles. The van der Waals surface area contributed by atoms with Gasteiger partial charge < -0.3 is 4.90 Å². The third kappa shape index (κ3) is 2.64. The lowest BCUT2D eigenvalue weighted by Gasteiger charge is -2.29. The van der Waals surface area contributed by atoms with Crippen molar-refractivity contribution < 1.29 is 0 Å². The standard InChI is InChI=1S/C12H13Br2N/c13-8-10-4-1-2-6-12(10)15-7-3-5-11(14)9-15/h1-2,4-6H,3,7-9H2. The highest BCUT2D eigenvalue weighted by atomic mass is 79.9. The molecule has 2 rings (SSSR count). The molecule has 0 saturated carbocycles. The van der Waals surface area contributed by atoms with Crippen molar-refractivity contribution in [3.05, 3.63) is 40.4 Å². The third-order valence-electron chi connectivity index (χ3n) is 2.58. The number of anilines is 1. The summed E-state index contributed by atoms with van der Waals surface area (Å²) in [6, 6.07) is 8.57. The Morgan fingerprint density at radius 1 is 1.27 bits per heavy atom. The van der Waals surface area contributed by atoms with Crippen molar-refractivity contribution in [1.82, 2.24) is 0 Å². The zero-order chi connectivity index (χ0) is 10.7. The van der Waals surface area contributed by atoms with E-state index in [4.69, 9.17) is 0 Å². The van der Waals surface area contributed by atoms with Gasteiger partial charge in [-0.1, -0.05) is 56.1 Å². The molecule has 0 unspecified atom stereocenters. The van der Waals surface area contributed by atoms with Crippen molar-refractivity contribution in [2.24, 2.45) is 0 Å². The molecule has 1 aliphatic heterocycles. The summed E-state index contributed by atoms with van der Waals surface area (Å²) >= 11 is 7.12. The number of hydrogen-bond donors (Lipinski definition) is 0. The first-order valence-electron chi connectivity index (χ1n) is 5.04. The number of para-hydroxylation sites is 1. The maximum atomic E-state index is 3.58. The predicted octanol–water partition coefficient (Wildman–Crippen LogP) is 4.07. The van der Waals surface area contributed by atoms with E-state index in [0.717, 1.165) is 24.8 Å². The largest absolute Gasteiger partial charge is 0.366 e. The molecule has 0 bridgehead atoms. The first kappa shape index (κ1) is 11.2. The fourth-order valence-corrected chi connectivity index (χ4v) is 2.85. The highest BCUT2D eigenvalue weighted by molar-refractivity contribution is 9.11. The second-order valence-electron chi connectivity index (χ2n) is 3.62. The fraction of sp³-hybridized carbons (Fsp3) is 0.333. The monoisotopic (exact) mass is 329 g/mol. The minimum absolute atomic E-state index is 0.918. The van der Waals surface area contributed by atoms with Crippen molar-refractivity contribution >= 4 is 37.5 Å². The van der Waals surface area contributed by atoms with Gasteiger partial charge in [0.15, 0.2) is 0 Å². The number of halogens is 2. The van der Waals surface area contributed by atoms with E-state index in [1.807, 2.05) is 0 Å². The Kier molecular flexibility index (Phi) is 3.87. The molecule has 0 N–H and O–H groups in total. The third-order valence-corrected chi connectivity index (χ3v) is 3.76. The molecule has 1 heterocycles. The molecule has 3 heteroatoms. The van der Waals surface area contributed by atoms with E-state index in [2.05, 4.69) is 67.1 Å². The van der Waals surface area contributed by atoms with Crippen LogP contribution in [0.2, 0.25) is 0 Å². The number of nitrogens with zero attached hydrogens (tertiary/aromatic N) is 1. The Bertz CT molecular complexity index is 374. The smallest absolute Gasteiger partial charge is 0.0492 e. The number of rotatable bonds is 2. The summed E-state index contributed by atoms with van der Waals surface area (Å²) < 4.78 is 1.29. The molecular weight excluding hydrogens is 318 g/mol. The van der Waals surface area contributed by atoms with E-state index in [1.54, 1.807) is 0 Å². The van der Waals surface area contributed by atoms with Crippen LogP contribution in [0.15, 0.2) is 34.8 Å². The first-order chi connectivity index (χ1) is 7.31. The molecule has 15 heavy (non-hydrogen) atoms. The quantitative estimate of drug-likeness (QED) is 0.739. The molecule has 0 aromatic heterocycles. The van der Waals surface area contributed by atoms with Gasteiger partial charge in [0, 0.05) is 28.6 Å². The van der Waals surface area contributed by atoms with Crippen LogP contribution in [0.25, 0.3) is 0 Å². The Balaban J connectivity index is 2.25. The van der Waals surface area contributed by atoms with Gasteiger partial charge in [-0.2, -0.15) is 0 Å². The van der Waals surface area contributed by atoms with Crippen LogP contribution >= 0.6 is 31.9 Å². The maximum Gasteiger partial charge on any atom is 0.0492 e. The lowest BCUT2D eigenvalue weighted by molar-refractivity contribution is 0.812. The topological polar surface area (TPSA) is 3.24 Å². The van der Waals surface area contributed by atoms with Crippen LogP contribution in [0.3, 0.4) is 0 Å². The number of hydrogen-bond acceptors (Lipinski definition) is 1. The van der Waals surface area contributed by atoms with Gasteiger partial charge in [-0.05, 0) is 18.1 Å². The summed E-state index contributed by atoms with van der Waals surface area (Å²) in [5.74, 6) is 0. The Labute approximate surface area is 107 Å². The van der Waals surface area contributed by atoms with Crippen LogP contribution in [-0.4, -0.2) is 13.1 Å². The molecule has 0 amide bonds. The lowest BCUT2D eigenvalue weighted by atomic mass is 10.1. The van der Waals surface area contributed by atoms with Gasteiger partial charge in [0.1, 0.15) is 0 Å².